The van der Waals surface area contributed by atoms with Gasteiger partial charge in [0, 0.05) is 10.6 Å². The largest absolute Gasteiger partial charge is 0.389 e. The summed E-state index contributed by atoms with van der Waals surface area (Å²) in [7, 11) is -0.925. The van der Waals surface area contributed by atoms with Crippen LogP contribution < -0.4 is 0 Å². The van der Waals surface area contributed by atoms with Crippen molar-refractivity contribution < 1.29 is 9.53 Å². The predicted octanol–water partition coefficient (Wildman–Crippen LogP) is 3.90. The molecule has 1 unspecified atom stereocenters. The van der Waals surface area contributed by atoms with E-state index in [1.807, 2.05) is 25.2 Å². The summed E-state index contributed by atoms with van der Waals surface area (Å²) in [4.78, 5) is 0. The smallest absolute Gasteiger partial charge is 0.208 e. The standard InChI is InChI=1S/C13H20ClO2Si/c1-13(2,3)10-7-6-9(8-11(10)14)12(15)16-17(4)5/h6-8,12,15H,1-5H3. The summed E-state index contributed by atoms with van der Waals surface area (Å²) >= 11 is 6.24. The molecule has 0 aliphatic rings. The zero-order chi connectivity index (χ0) is 13.2. The molecule has 0 heterocycles. The Hall–Kier alpha value is -0.353. The van der Waals surface area contributed by atoms with E-state index in [0.29, 0.717) is 10.6 Å². The van der Waals surface area contributed by atoms with Gasteiger partial charge >= 0.3 is 0 Å². The monoisotopic (exact) mass is 271 g/mol. The summed E-state index contributed by atoms with van der Waals surface area (Å²) < 4.78 is 5.42. The van der Waals surface area contributed by atoms with E-state index in [9.17, 15) is 5.11 Å². The van der Waals surface area contributed by atoms with Gasteiger partial charge in [-0.2, -0.15) is 0 Å². The van der Waals surface area contributed by atoms with Crippen LogP contribution in [0.3, 0.4) is 0 Å². The summed E-state index contributed by atoms with van der Waals surface area (Å²) in [6, 6.07) is 5.63. The molecule has 1 aromatic carbocycles. The van der Waals surface area contributed by atoms with Crippen LogP contribution in [-0.4, -0.2) is 14.1 Å². The van der Waals surface area contributed by atoms with Crippen molar-refractivity contribution in [2.45, 2.75) is 45.6 Å². The molecule has 0 amide bonds. The molecule has 0 saturated carbocycles. The molecule has 4 heteroatoms. The van der Waals surface area contributed by atoms with Crippen LogP contribution in [0.2, 0.25) is 18.1 Å². The van der Waals surface area contributed by atoms with Crippen molar-refractivity contribution in [2.24, 2.45) is 0 Å². The van der Waals surface area contributed by atoms with Crippen molar-refractivity contribution in [3.8, 4) is 0 Å². The Balaban J connectivity index is 2.97. The summed E-state index contributed by atoms with van der Waals surface area (Å²) in [6.07, 6.45) is -0.870. The van der Waals surface area contributed by atoms with Crippen LogP contribution in [0.5, 0.6) is 0 Å². The third-order valence-electron chi connectivity index (χ3n) is 2.43. The Labute approximate surface area is 110 Å². The lowest BCUT2D eigenvalue weighted by molar-refractivity contribution is -0.0211. The number of benzene rings is 1. The number of hydrogen-bond acceptors (Lipinski definition) is 2. The maximum Gasteiger partial charge on any atom is 0.208 e. The summed E-state index contributed by atoms with van der Waals surface area (Å²) in [5.41, 5.74) is 1.80. The molecule has 17 heavy (non-hydrogen) atoms. The van der Waals surface area contributed by atoms with Crippen molar-refractivity contribution in [1.29, 1.82) is 0 Å². The van der Waals surface area contributed by atoms with Crippen molar-refractivity contribution in [2.75, 3.05) is 0 Å². The zero-order valence-corrected chi connectivity index (χ0v) is 12.8. The fraction of sp³-hybridized carbons (Fsp3) is 0.538. The second-order valence-corrected chi connectivity index (χ2v) is 7.83. The first-order valence-corrected chi connectivity index (χ1v) is 8.45. The maximum absolute atomic E-state index is 9.85. The molecular formula is C13H20ClO2Si. The maximum atomic E-state index is 9.85. The fourth-order valence-corrected chi connectivity index (χ4v) is 2.64. The van der Waals surface area contributed by atoms with Gasteiger partial charge in [-0.15, -0.1) is 0 Å². The molecule has 2 nitrogen and oxygen atoms in total. The van der Waals surface area contributed by atoms with Gasteiger partial charge in [-0.1, -0.05) is 44.5 Å². The van der Waals surface area contributed by atoms with Crippen molar-refractivity contribution >= 4 is 20.6 Å². The minimum absolute atomic E-state index is 0.00584. The van der Waals surface area contributed by atoms with Gasteiger partial charge in [0.15, 0.2) is 6.29 Å². The third-order valence-corrected chi connectivity index (χ3v) is 3.44. The van der Waals surface area contributed by atoms with Gasteiger partial charge in [0.25, 0.3) is 0 Å². The van der Waals surface area contributed by atoms with E-state index in [2.05, 4.69) is 20.8 Å². The van der Waals surface area contributed by atoms with E-state index in [0.717, 1.165) is 5.56 Å². The van der Waals surface area contributed by atoms with Gasteiger partial charge in [0.2, 0.25) is 9.04 Å². The Bertz CT molecular complexity index is 385. The first-order valence-electron chi connectivity index (χ1n) is 5.66. The Morgan fingerprint density at radius 1 is 1.29 bits per heavy atom. The fourth-order valence-electron chi connectivity index (χ4n) is 1.58. The van der Waals surface area contributed by atoms with Gasteiger partial charge in [0.1, 0.15) is 0 Å². The molecule has 0 bridgehead atoms. The number of hydrogen-bond donors (Lipinski definition) is 1. The van der Waals surface area contributed by atoms with E-state index >= 15 is 0 Å². The molecule has 0 aliphatic heterocycles. The minimum Gasteiger partial charge on any atom is -0.389 e. The lowest BCUT2D eigenvalue weighted by Crippen LogP contribution is -2.15. The summed E-state index contributed by atoms with van der Waals surface area (Å²) in [5, 5.41) is 10.5. The highest BCUT2D eigenvalue weighted by Gasteiger charge is 2.19. The molecule has 0 aromatic heterocycles. The van der Waals surface area contributed by atoms with Crippen molar-refractivity contribution in [3.05, 3.63) is 34.3 Å². The molecule has 0 fully saturated rings. The number of aliphatic hydroxyl groups is 1. The zero-order valence-electron chi connectivity index (χ0n) is 11.0. The molecular weight excluding hydrogens is 252 g/mol. The quantitative estimate of drug-likeness (QED) is 0.667. The predicted molar refractivity (Wildman–Crippen MR) is 73.7 cm³/mol. The van der Waals surface area contributed by atoms with E-state index in [1.165, 1.54) is 0 Å². The molecule has 0 spiro atoms. The van der Waals surface area contributed by atoms with Crippen molar-refractivity contribution in [1.82, 2.24) is 0 Å². The average Bonchev–Trinajstić information content (AvgIpc) is 2.14. The molecule has 1 N–H and O–H groups in total. The van der Waals surface area contributed by atoms with Crippen LogP contribution in [0.15, 0.2) is 18.2 Å². The topological polar surface area (TPSA) is 29.5 Å². The van der Waals surface area contributed by atoms with Crippen molar-refractivity contribution in [3.63, 3.8) is 0 Å². The van der Waals surface area contributed by atoms with E-state index < -0.39 is 15.3 Å². The molecule has 95 valence electrons. The summed E-state index contributed by atoms with van der Waals surface area (Å²) in [5.74, 6) is 0. The van der Waals surface area contributed by atoms with Crippen LogP contribution >= 0.6 is 11.6 Å². The highest BCUT2D eigenvalue weighted by Crippen LogP contribution is 2.31. The van der Waals surface area contributed by atoms with Gasteiger partial charge in [-0.3, -0.25) is 0 Å². The minimum atomic E-state index is -0.925. The third kappa shape index (κ3) is 4.10. The second kappa shape index (κ2) is 5.53. The number of rotatable bonds is 3. The Morgan fingerprint density at radius 3 is 2.29 bits per heavy atom. The van der Waals surface area contributed by atoms with Gasteiger partial charge in [-0.25, -0.2) is 0 Å². The molecule has 0 saturated heterocycles. The summed E-state index contributed by atoms with van der Waals surface area (Å²) in [6.45, 7) is 10.3. The van der Waals surface area contributed by atoms with Crippen LogP contribution in [-0.2, 0) is 9.84 Å². The van der Waals surface area contributed by atoms with Crippen LogP contribution in [0.4, 0.5) is 0 Å². The molecule has 0 aliphatic carbocycles. The SMILES string of the molecule is C[Si](C)OC(O)c1ccc(C(C)(C)C)c(Cl)c1. The average molecular weight is 272 g/mol. The van der Waals surface area contributed by atoms with Crippen LogP contribution in [0.25, 0.3) is 0 Å². The first kappa shape index (κ1) is 14.7. The molecule has 1 aromatic rings. The van der Waals surface area contributed by atoms with E-state index in [4.69, 9.17) is 16.0 Å². The highest BCUT2D eigenvalue weighted by atomic mass is 35.5. The van der Waals surface area contributed by atoms with Gasteiger partial charge < -0.3 is 9.53 Å². The molecule has 1 atom stereocenters. The van der Waals surface area contributed by atoms with E-state index in [1.54, 1.807) is 6.07 Å². The lowest BCUT2D eigenvalue weighted by Gasteiger charge is -2.22. The normalized spacial score (nSPS) is 14.1. The second-order valence-electron chi connectivity index (χ2n) is 5.37. The van der Waals surface area contributed by atoms with E-state index in [-0.39, 0.29) is 5.41 Å². The highest BCUT2D eigenvalue weighted by molar-refractivity contribution is 6.48. The van der Waals surface area contributed by atoms with Gasteiger partial charge in [-0.05, 0) is 30.1 Å². The van der Waals surface area contributed by atoms with Gasteiger partial charge in [0.05, 0.1) is 0 Å². The number of aliphatic hydroxyl groups excluding tert-OH is 1. The Morgan fingerprint density at radius 2 is 1.88 bits per heavy atom. The Kier molecular flexibility index (Phi) is 4.78. The molecule has 1 radical (unpaired) electrons. The van der Waals surface area contributed by atoms with Crippen LogP contribution in [0, 0.1) is 0 Å². The van der Waals surface area contributed by atoms with Crippen LogP contribution in [0.1, 0.15) is 38.2 Å². The number of halogens is 1. The lowest BCUT2D eigenvalue weighted by atomic mass is 9.86. The first-order chi connectivity index (χ1) is 7.71. The molecule has 1 rings (SSSR count).